The highest BCUT2D eigenvalue weighted by molar-refractivity contribution is 7.80. The molecule has 1 aromatic rings. The largest absolute Gasteiger partial charge is 0.497 e. The molecule has 0 spiro atoms. The minimum atomic E-state index is -0.178. The summed E-state index contributed by atoms with van der Waals surface area (Å²) in [5.41, 5.74) is 7.82. The number of aliphatic hydroxyl groups is 1. The van der Waals surface area contributed by atoms with Gasteiger partial charge in [-0.3, -0.25) is 0 Å². The SMILES string of the molecule is COc1ccc(C(N)=S)c(N2C3CCC2CC(O)C3)c1. The number of benzene rings is 1. The fourth-order valence-electron chi connectivity index (χ4n) is 3.60. The molecule has 2 unspecified atom stereocenters. The maximum Gasteiger partial charge on any atom is 0.120 e. The summed E-state index contributed by atoms with van der Waals surface area (Å²) in [4.78, 5) is 2.80. The highest BCUT2D eigenvalue weighted by Gasteiger charge is 2.41. The van der Waals surface area contributed by atoms with Gasteiger partial charge in [0.2, 0.25) is 0 Å². The molecule has 0 amide bonds. The summed E-state index contributed by atoms with van der Waals surface area (Å²) in [6.07, 6.45) is 3.71. The van der Waals surface area contributed by atoms with Crippen LogP contribution in [0.5, 0.6) is 5.75 Å². The number of nitrogens with two attached hydrogens (primary N) is 1. The molecule has 0 radical (unpaired) electrons. The van der Waals surface area contributed by atoms with E-state index < -0.39 is 0 Å². The minimum absolute atomic E-state index is 0.178. The Hall–Kier alpha value is -1.33. The van der Waals surface area contributed by atoms with Crippen LogP contribution in [0.15, 0.2) is 18.2 Å². The quantitative estimate of drug-likeness (QED) is 0.832. The summed E-state index contributed by atoms with van der Waals surface area (Å²) in [6.45, 7) is 0. The molecule has 2 fully saturated rings. The van der Waals surface area contributed by atoms with Gasteiger partial charge in [0.1, 0.15) is 10.7 Å². The van der Waals surface area contributed by atoms with Crippen LogP contribution in [-0.2, 0) is 0 Å². The average Bonchev–Trinajstić information content (AvgIpc) is 2.70. The average molecular weight is 292 g/mol. The van der Waals surface area contributed by atoms with Crippen molar-refractivity contribution in [1.29, 1.82) is 0 Å². The van der Waals surface area contributed by atoms with E-state index in [9.17, 15) is 5.11 Å². The third-order valence-corrected chi connectivity index (χ3v) is 4.68. The van der Waals surface area contributed by atoms with Crippen molar-refractivity contribution >= 4 is 22.9 Å². The van der Waals surface area contributed by atoms with Gasteiger partial charge in [-0.1, -0.05) is 12.2 Å². The van der Waals surface area contributed by atoms with Gasteiger partial charge in [0.05, 0.1) is 18.9 Å². The molecule has 108 valence electrons. The highest BCUT2D eigenvalue weighted by atomic mass is 32.1. The summed E-state index contributed by atoms with van der Waals surface area (Å²) in [6, 6.07) is 6.59. The summed E-state index contributed by atoms with van der Waals surface area (Å²) in [5.74, 6) is 0.811. The molecule has 3 rings (SSSR count). The van der Waals surface area contributed by atoms with Crippen LogP contribution >= 0.6 is 12.2 Å². The van der Waals surface area contributed by atoms with Crippen LogP contribution in [-0.4, -0.2) is 35.4 Å². The molecule has 3 N–H and O–H groups in total. The van der Waals surface area contributed by atoms with Gasteiger partial charge in [-0.15, -0.1) is 0 Å². The molecule has 0 saturated carbocycles. The van der Waals surface area contributed by atoms with Gasteiger partial charge in [0.25, 0.3) is 0 Å². The number of hydrogen-bond donors (Lipinski definition) is 2. The number of nitrogens with zero attached hydrogens (tertiary/aromatic N) is 1. The molecule has 5 heteroatoms. The lowest BCUT2D eigenvalue weighted by Gasteiger charge is -2.40. The molecule has 1 aromatic carbocycles. The maximum atomic E-state index is 9.93. The molecule has 2 aliphatic rings. The summed E-state index contributed by atoms with van der Waals surface area (Å²) >= 11 is 5.18. The first-order valence-corrected chi connectivity index (χ1v) is 7.45. The number of ether oxygens (including phenoxy) is 1. The van der Waals surface area contributed by atoms with Crippen LogP contribution in [0.3, 0.4) is 0 Å². The molecule has 0 aromatic heterocycles. The van der Waals surface area contributed by atoms with E-state index in [1.54, 1.807) is 7.11 Å². The highest BCUT2D eigenvalue weighted by Crippen LogP contribution is 2.41. The molecular formula is C15H20N2O2S. The zero-order chi connectivity index (χ0) is 14.3. The van der Waals surface area contributed by atoms with E-state index in [1.165, 1.54) is 0 Å². The molecular weight excluding hydrogens is 272 g/mol. The van der Waals surface area contributed by atoms with Crippen molar-refractivity contribution in [1.82, 2.24) is 0 Å². The molecule has 2 atom stereocenters. The Bertz CT molecular complexity index is 521. The van der Waals surface area contributed by atoms with Gasteiger partial charge < -0.3 is 20.5 Å². The summed E-state index contributed by atoms with van der Waals surface area (Å²) < 4.78 is 5.33. The molecule has 2 bridgehead atoms. The maximum absolute atomic E-state index is 9.93. The van der Waals surface area contributed by atoms with Crippen molar-refractivity contribution in [2.24, 2.45) is 5.73 Å². The van der Waals surface area contributed by atoms with Crippen LogP contribution in [0.25, 0.3) is 0 Å². The predicted molar refractivity (Wildman–Crippen MR) is 83.4 cm³/mol. The van der Waals surface area contributed by atoms with Crippen LogP contribution in [0.4, 0.5) is 5.69 Å². The number of piperidine rings is 1. The van der Waals surface area contributed by atoms with Gasteiger partial charge in [0.15, 0.2) is 0 Å². The normalized spacial score (nSPS) is 28.5. The first-order chi connectivity index (χ1) is 9.60. The van der Waals surface area contributed by atoms with Gasteiger partial charge in [-0.25, -0.2) is 0 Å². The minimum Gasteiger partial charge on any atom is -0.497 e. The topological polar surface area (TPSA) is 58.7 Å². The van der Waals surface area contributed by atoms with Gasteiger partial charge in [0, 0.05) is 23.7 Å². The van der Waals surface area contributed by atoms with Crippen molar-refractivity contribution in [3.63, 3.8) is 0 Å². The van der Waals surface area contributed by atoms with Crippen LogP contribution in [0.1, 0.15) is 31.2 Å². The standard InChI is InChI=1S/C15H20N2O2S/c1-19-12-4-5-13(15(16)20)14(8-12)17-9-2-3-10(17)7-11(18)6-9/h4-5,8-11,18H,2-3,6-7H2,1H3,(H2,16,20). The molecule has 2 aliphatic heterocycles. The van der Waals surface area contributed by atoms with E-state index in [-0.39, 0.29) is 6.10 Å². The van der Waals surface area contributed by atoms with Crippen LogP contribution in [0.2, 0.25) is 0 Å². The Labute approximate surface area is 124 Å². The van der Waals surface area contributed by atoms with E-state index in [4.69, 9.17) is 22.7 Å². The Morgan fingerprint density at radius 1 is 1.35 bits per heavy atom. The number of hydrogen-bond acceptors (Lipinski definition) is 4. The third-order valence-electron chi connectivity index (χ3n) is 4.46. The number of anilines is 1. The van der Waals surface area contributed by atoms with Crippen molar-refractivity contribution in [3.8, 4) is 5.75 Å². The van der Waals surface area contributed by atoms with Crippen molar-refractivity contribution in [2.45, 2.75) is 43.9 Å². The second-order valence-electron chi connectivity index (χ2n) is 5.66. The fraction of sp³-hybridized carbons (Fsp3) is 0.533. The van der Waals surface area contributed by atoms with Crippen LogP contribution in [0, 0.1) is 0 Å². The van der Waals surface area contributed by atoms with E-state index >= 15 is 0 Å². The van der Waals surface area contributed by atoms with Crippen LogP contribution < -0.4 is 15.4 Å². The monoisotopic (exact) mass is 292 g/mol. The van der Waals surface area contributed by atoms with Crippen molar-refractivity contribution in [2.75, 3.05) is 12.0 Å². The first-order valence-electron chi connectivity index (χ1n) is 7.04. The first kappa shape index (κ1) is 13.6. The van der Waals surface area contributed by atoms with Gasteiger partial charge >= 0.3 is 0 Å². The lowest BCUT2D eigenvalue weighted by Crippen LogP contribution is -2.45. The van der Waals surface area contributed by atoms with E-state index in [0.717, 1.165) is 42.7 Å². The number of methoxy groups -OCH3 is 1. The molecule has 20 heavy (non-hydrogen) atoms. The Balaban J connectivity index is 2.02. The number of rotatable bonds is 3. The predicted octanol–water partition coefficient (Wildman–Crippen LogP) is 1.82. The second kappa shape index (κ2) is 5.22. The summed E-state index contributed by atoms with van der Waals surface area (Å²) in [5, 5.41) is 9.93. The molecule has 2 heterocycles. The van der Waals surface area contributed by atoms with Crippen molar-refractivity contribution in [3.05, 3.63) is 23.8 Å². The van der Waals surface area contributed by atoms with Gasteiger partial charge in [-0.2, -0.15) is 0 Å². The zero-order valence-electron chi connectivity index (χ0n) is 11.6. The molecule has 2 saturated heterocycles. The van der Waals surface area contributed by atoms with E-state index in [2.05, 4.69) is 4.90 Å². The Morgan fingerprint density at radius 2 is 2.00 bits per heavy atom. The Morgan fingerprint density at radius 3 is 2.55 bits per heavy atom. The van der Waals surface area contributed by atoms with E-state index in [0.29, 0.717) is 17.1 Å². The number of aliphatic hydroxyl groups excluding tert-OH is 1. The smallest absolute Gasteiger partial charge is 0.120 e. The van der Waals surface area contributed by atoms with E-state index in [1.807, 2.05) is 18.2 Å². The summed E-state index contributed by atoms with van der Waals surface area (Å²) in [7, 11) is 1.66. The third kappa shape index (κ3) is 2.25. The fourth-order valence-corrected chi connectivity index (χ4v) is 3.77. The molecule has 0 aliphatic carbocycles. The Kier molecular flexibility index (Phi) is 3.56. The van der Waals surface area contributed by atoms with Crippen molar-refractivity contribution < 1.29 is 9.84 Å². The molecule has 4 nitrogen and oxygen atoms in total. The zero-order valence-corrected chi connectivity index (χ0v) is 12.4. The second-order valence-corrected chi connectivity index (χ2v) is 6.10. The van der Waals surface area contributed by atoms with Gasteiger partial charge in [-0.05, 0) is 37.8 Å². The number of fused-ring (bicyclic) bond motifs is 2. The lowest BCUT2D eigenvalue weighted by atomic mass is 9.97. The lowest BCUT2D eigenvalue weighted by molar-refractivity contribution is 0.126. The number of thiocarbonyl (C=S) groups is 1.